The van der Waals surface area contributed by atoms with Crippen molar-refractivity contribution in [1.82, 2.24) is 4.90 Å². The van der Waals surface area contributed by atoms with E-state index in [1.165, 1.54) is 16.7 Å². The summed E-state index contributed by atoms with van der Waals surface area (Å²) in [5.74, 6) is 0.471. The van der Waals surface area contributed by atoms with Crippen LogP contribution < -0.4 is 0 Å². The summed E-state index contributed by atoms with van der Waals surface area (Å²) in [5, 5.41) is 0. The lowest BCUT2D eigenvalue weighted by atomic mass is 9.80. The number of ether oxygens (including phenoxy) is 1. The molecule has 1 aliphatic heterocycles. The topological polar surface area (TPSA) is 29.5 Å². The first-order valence-corrected chi connectivity index (χ1v) is 9.29. The number of nitrogens with zero attached hydrogens (tertiary/aromatic N) is 1. The molecule has 1 heterocycles. The lowest BCUT2D eigenvalue weighted by Gasteiger charge is -2.40. The Kier molecular flexibility index (Phi) is 5.77. The molecule has 2 aromatic rings. The first-order chi connectivity index (χ1) is 12.6. The van der Waals surface area contributed by atoms with E-state index in [0.29, 0.717) is 19.1 Å². The third kappa shape index (κ3) is 3.82. The summed E-state index contributed by atoms with van der Waals surface area (Å²) in [6, 6.07) is 18.8. The van der Waals surface area contributed by atoms with Crippen LogP contribution >= 0.6 is 0 Å². The Morgan fingerprint density at radius 3 is 2.46 bits per heavy atom. The van der Waals surface area contributed by atoms with Crippen LogP contribution in [0.3, 0.4) is 0 Å². The van der Waals surface area contributed by atoms with Gasteiger partial charge in [-0.25, -0.2) is 4.79 Å². The zero-order valence-corrected chi connectivity index (χ0v) is 15.6. The van der Waals surface area contributed by atoms with E-state index in [0.717, 1.165) is 6.42 Å². The Hall–Kier alpha value is -2.55. The molecular formula is C23H27NO2. The molecule has 0 saturated heterocycles. The maximum Gasteiger partial charge on any atom is 0.410 e. The van der Waals surface area contributed by atoms with Crippen molar-refractivity contribution < 1.29 is 9.53 Å². The number of rotatable bonds is 5. The van der Waals surface area contributed by atoms with E-state index in [-0.39, 0.29) is 18.1 Å². The summed E-state index contributed by atoms with van der Waals surface area (Å²) < 4.78 is 5.57. The second-order valence-corrected chi connectivity index (χ2v) is 7.26. The van der Waals surface area contributed by atoms with Crippen LogP contribution in [0, 0.1) is 5.92 Å². The van der Waals surface area contributed by atoms with Crippen LogP contribution in [-0.4, -0.2) is 24.1 Å². The van der Waals surface area contributed by atoms with Crippen LogP contribution in [0.1, 0.15) is 48.9 Å². The molecular weight excluding hydrogens is 322 g/mol. The highest BCUT2D eigenvalue weighted by Crippen LogP contribution is 2.41. The van der Waals surface area contributed by atoms with Crippen LogP contribution in [0.5, 0.6) is 0 Å². The van der Waals surface area contributed by atoms with Gasteiger partial charge in [-0.1, -0.05) is 74.5 Å². The summed E-state index contributed by atoms with van der Waals surface area (Å²) in [6.07, 6.45) is 2.36. The van der Waals surface area contributed by atoms with Gasteiger partial charge in [0.25, 0.3) is 0 Å². The molecule has 0 radical (unpaired) electrons. The highest BCUT2D eigenvalue weighted by molar-refractivity contribution is 5.69. The molecule has 0 fully saturated rings. The smallest absolute Gasteiger partial charge is 0.410 e. The van der Waals surface area contributed by atoms with Crippen LogP contribution in [-0.2, 0) is 4.74 Å². The minimum atomic E-state index is -0.235. The molecule has 0 saturated carbocycles. The molecule has 0 spiro atoms. The fourth-order valence-corrected chi connectivity index (χ4v) is 3.63. The average Bonchev–Trinajstić information content (AvgIpc) is 2.67. The number of carbonyl (C=O) groups is 1. The zero-order valence-electron chi connectivity index (χ0n) is 15.6. The van der Waals surface area contributed by atoms with Crippen molar-refractivity contribution in [2.45, 2.75) is 32.2 Å². The summed E-state index contributed by atoms with van der Waals surface area (Å²) in [4.78, 5) is 14.7. The predicted molar refractivity (Wildman–Crippen MR) is 105 cm³/mol. The van der Waals surface area contributed by atoms with Crippen molar-refractivity contribution in [1.29, 1.82) is 0 Å². The van der Waals surface area contributed by atoms with Gasteiger partial charge in [-0.15, -0.1) is 6.58 Å². The molecule has 26 heavy (non-hydrogen) atoms. The van der Waals surface area contributed by atoms with Gasteiger partial charge >= 0.3 is 6.09 Å². The molecule has 0 N–H and O–H groups in total. The second kappa shape index (κ2) is 8.22. The standard InChI is InChI=1S/C23H27NO2/c1-4-10-22-20-14-9-8-13-19(20)21(18-11-6-5-7-12-18)15-24(22)23(25)26-16-17(2)3/h4-9,11-14,17,21-22H,1,10,15-16H2,2-3H3/t21-,22+/m1/s1. The molecule has 2 aromatic carbocycles. The predicted octanol–water partition coefficient (Wildman–Crippen LogP) is 5.54. The minimum Gasteiger partial charge on any atom is -0.449 e. The van der Waals surface area contributed by atoms with E-state index < -0.39 is 0 Å². The highest BCUT2D eigenvalue weighted by atomic mass is 16.6. The SMILES string of the molecule is C=CC[C@H]1c2ccccc2[C@@H](c2ccccc2)CN1C(=O)OCC(C)C. The monoisotopic (exact) mass is 349 g/mol. The fraction of sp³-hybridized carbons (Fsp3) is 0.348. The van der Waals surface area contributed by atoms with E-state index >= 15 is 0 Å². The Bertz CT molecular complexity index is 754. The molecule has 136 valence electrons. The highest BCUT2D eigenvalue weighted by Gasteiger charge is 2.36. The summed E-state index contributed by atoms with van der Waals surface area (Å²) in [5.41, 5.74) is 3.70. The van der Waals surface area contributed by atoms with Gasteiger partial charge in [0.05, 0.1) is 12.6 Å². The number of amides is 1. The van der Waals surface area contributed by atoms with Crippen LogP contribution in [0.4, 0.5) is 4.79 Å². The number of benzene rings is 2. The molecule has 0 aliphatic carbocycles. The van der Waals surface area contributed by atoms with Crippen LogP contribution in [0.15, 0.2) is 67.3 Å². The van der Waals surface area contributed by atoms with Gasteiger partial charge in [0.15, 0.2) is 0 Å². The first kappa shape index (κ1) is 18.2. The molecule has 0 unspecified atom stereocenters. The van der Waals surface area contributed by atoms with E-state index in [2.05, 4.69) is 49.0 Å². The van der Waals surface area contributed by atoms with E-state index in [4.69, 9.17) is 4.74 Å². The third-order valence-electron chi connectivity index (χ3n) is 4.85. The molecule has 3 rings (SSSR count). The molecule has 0 aromatic heterocycles. The maximum absolute atomic E-state index is 12.8. The number of hydrogen-bond donors (Lipinski definition) is 0. The van der Waals surface area contributed by atoms with Crippen molar-refractivity contribution in [3.05, 3.63) is 83.9 Å². The quantitative estimate of drug-likeness (QED) is 0.663. The van der Waals surface area contributed by atoms with E-state index in [9.17, 15) is 4.79 Å². The van der Waals surface area contributed by atoms with Crippen molar-refractivity contribution in [2.24, 2.45) is 5.92 Å². The van der Waals surface area contributed by atoms with Gasteiger partial charge < -0.3 is 4.74 Å². The van der Waals surface area contributed by atoms with Gasteiger partial charge in [-0.05, 0) is 29.0 Å². The average molecular weight is 349 g/mol. The van der Waals surface area contributed by atoms with Gasteiger partial charge in [-0.3, -0.25) is 4.90 Å². The Morgan fingerprint density at radius 1 is 1.15 bits per heavy atom. The van der Waals surface area contributed by atoms with E-state index in [1.54, 1.807) is 0 Å². The Balaban J connectivity index is 1.99. The number of fused-ring (bicyclic) bond motifs is 1. The number of hydrogen-bond acceptors (Lipinski definition) is 2. The van der Waals surface area contributed by atoms with Crippen molar-refractivity contribution in [2.75, 3.05) is 13.2 Å². The van der Waals surface area contributed by atoms with Crippen LogP contribution in [0.25, 0.3) is 0 Å². The van der Waals surface area contributed by atoms with Crippen LogP contribution in [0.2, 0.25) is 0 Å². The van der Waals surface area contributed by atoms with E-state index in [1.807, 2.05) is 37.0 Å². The van der Waals surface area contributed by atoms with Gasteiger partial charge in [-0.2, -0.15) is 0 Å². The number of carbonyl (C=O) groups excluding carboxylic acids is 1. The molecule has 3 nitrogen and oxygen atoms in total. The molecule has 0 bridgehead atoms. The summed E-state index contributed by atoms with van der Waals surface area (Å²) in [7, 11) is 0. The molecule has 1 aliphatic rings. The third-order valence-corrected chi connectivity index (χ3v) is 4.85. The van der Waals surface area contributed by atoms with Crippen molar-refractivity contribution in [3.63, 3.8) is 0 Å². The molecule has 2 atom stereocenters. The summed E-state index contributed by atoms with van der Waals surface area (Å²) >= 11 is 0. The van der Waals surface area contributed by atoms with Crippen molar-refractivity contribution in [3.8, 4) is 0 Å². The lowest BCUT2D eigenvalue weighted by Crippen LogP contribution is -2.42. The second-order valence-electron chi connectivity index (χ2n) is 7.26. The van der Waals surface area contributed by atoms with Crippen molar-refractivity contribution >= 4 is 6.09 Å². The first-order valence-electron chi connectivity index (χ1n) is 9.29. The Labute approximate surface area is 156 Å². The normalized spacial score (nSPS) is 19.1. The molecule has 3 heteroatoms. The largest absolute Gasteiger partial charge is 0.449 e. The Morgan fingerprint density at radius 2 is 1.81 bits per heavy atom. The fourth-order valence-electron chi connectivity index (χ4n) is 3.63. The zero-order chi connectivity index (χ0) is 18.5. The maximum atomic E-state index is 12.8. The minimum absolute atomic E-state index is 0.0247. The van der Waals surface area contributed by atoms with Gasteiger partial charge in [0.2, 0.25) is 0 Å². The molecule has 1 amide bonds. The summed E-state index contributed by atoms with van der Waals surface area (Å²) in [6.45, 7) is 9.05. The lowest BCUT2D eigenvalue weighted by molar-refractivity contribution is 0.0719. The van der Waals surface area contributed by atoms with Gasteiger partial charge in [0, 0.05) is 12.5 Å². The van der Waals surface area contributed by atoms with Gasteiger partial charge in [0.1, 0.15) is 0 Å².